The molecule has 1 amide bonds. The number of amides is 1. The molecule has 2 heterocycles. The van der Waals surface area contributed by atoms with Gasteiger partial charge in [-0.25, -0.2) is 4.98 Å². The van der Waals surface area contributed by atoms with Gasteiger partial charge in [-0.05, 0) is 55.0 Å². The number of aromatic nitrogens is 2. The lowest BCUT2D eigenvalue weighted by Gasteiger charge is -2.08. The first kappa shape index (κ1) is 17.4. The van der Waals surface area contributed by atoms with Gasteiger partial charge in [0.1, 0.15) is 11.4 Å². The van der Waals surface area contributed by atoms with E-state index in [0.29, 0.717) is 24.5 Å². The Morgan fingerprint density at radius 1 is 1.04 bits per heavy atom. The maximum absolute atomic E-state index is 12.3. The molecule has 0 unspecified atom stereocenters. The number of anilines is 2. The Morgan fingerprint density at radius 3 is 2.50 bits per heavy atom. The molecule has 0 bridgehead atoms. The number of nitrogens with zero attached hydrogens (tertiary/aromatic N) is 2. The van der Waals surface area contributed by atoms with E-state index in [2.05, 4.69) is 20.6 Å². The van der Waals surface area contributed by atoms with Crippen molar-refractivity contribution in [1.29, 1.82) is 0 Å². The van der Waals surface area contributed by atoms with Gasteiger partial charge in [0.25, 0.3) is 5.91 Å². The van der Waals surface area contributed by atoms with E-state index in [-0.39, 0.29) is 5.91 Å². The Labute approximate surface area is 152 Å². The SMILES string of the molecule is CCOc1ccc(NC(=O)c2ccc(NCc3cccnc3)cn2)cc1. The van der Waals surface area contributed by atoms with Crippen LogP contribution in [0.2, 0.25) is 0 Å². The number of pyridine rings is 2. The molecule has 0 aliphatic carbocycles. The lowest BCUT2D eigenvalue weighted by molar-refractivity contribution is 0.102. The lowest BCUT2D eigenvalue weighted by atomic mass is 10.2. The van der Waals surface area contributed by atoms with Crippen LogP contribution >= 0.6 is 0 Å². The molecule has 0 fully saturated rings. The summed E-state index contributed by atoms with van der Waals surface area (Å²) in [5.41, 5.74) is 2.96. The van der Waals surface area contributed by atoms with Crippen LogP contribution in [0.4, 0.5) is 11.4 Å². The Morgan fingerprint density at radius 2 is 1.85 bits per heavy atom. The maximum atomic E-state index is 12.3. The summed E-state index contributed by atoms with van der Waals surface area (Å²) in [4.78, 5) is 20.6. The second kappa shape index (κ2) is 8.62. The molecule has 0 saturated heterocycles. The zero-order valence-electron chi connectivity index (χ0n) is 14.5. The molecule has 0 radical (unpaired) electrons. The molecule has 26 heavy (non-hydrogen) atoms. The third kappa shape index (κ3) is 4.80. The molecule has 6 nitrogen and oxygen atoms in total. The van der Waals surface area contributed by atoms with Crippen molar-refractivity contribution in [2.45, 2.75) is 13.5 Å². The van der Waals surface area contributed by atoms with E-state index >= 15 is 0 Å². The highest BCUT2D eigenvalue weighted by Gasteiger charge is 2.08. The summed E-state index contributed by atoms with van der Waals surface area (Å²) in [6.45, 7) is 3.18. The van der Waals surface area contributed by atoms with Crippen molar-refractivity contribution in [1.82, 2.24) is 9.97 Å². The summed E-state index contributed by atoms with van der Waals surface area (Å²) in [5, 5.41) is 6.07. The van der Waals surface area contributed by atoms with Crippen LogP contribution in [0.5, 0.6) is 5.75 Å². The molecule has 0 saturated carbocycles. The average Bonchev–Trinajstić information content (AvgIpc) is 2.69. The fourth-order valence-corrected chi connectivity index (χ4v) is 2.34. The summed E-state index contributed by atoms with van der Waals surface area (Å²) in [6, 6.07) is 14.6. The molecular formula is C20H20N4O2. The minimum atomic E-state index is -0.257. The van der Waals surface area contributed by atoms with Crippen LogP contribution < -0.4 is 15.4 Å². The fraction of sp³-hybridized carbons (Fsp3) is 0.150. The molecule has 3 aromatic rings. The molecule has 6 heteroatoms. The largest absolute Gasteiger partial charge is 0.494 e. The predicted octanol–water partition coefficient (Wildman–Crippen LogP) is 3.74. The number of hydrogen-bond donors (Lipinski definition) is 2. The second-order valence-corrected chi connectivity index (χ2v) is 5.56. The third-order valence-corrected chi connectivity index (χ3v) is 3.64. The van der Waals surface area contributed by atoms with E-state index in [4.69, 9.17) is 4.74 Å². The van der Waals surface area contributed by atoms with Gasteiger partial charge in [-0.1, -0.05) is 6.07 Å². The molecule has 0 atom stereocenters. The van der Waals surface area contributed by atoms with Gasteiger partial charge in [0.05, 0.1) is 18.5 Å². The number of rotatable bonds is 7. The molecule has 2 N–H and O–H groups in total. The lowest BCUT2D eigenvalue weighted by Crippen LogP contribution is -2.13. The maximum Gasteiger partial charge on any atom is 0.274 e. The van der Waals surface area contributed by atoms with E-state index in [0.717, 1.165) is 17.0 Å². The molecule has 1 aromatic carbocycles. The van der Waals surface area contributed by atoms with Crippen molar-refractivity contribution < 1.29 is 9.53 Å². The minimum Gasteiger partial charge on any atom is -0.494 e. The van der Waals surface area contributed by atoms with E-state index in [9.17, 15) is 4.79 Å². The first-order valence-corrected chi connectivity index (χ1v) is 8.37. The molecule has 0 aliphatic rings. The Bertz CT molecular complexity index is 834. The Hall–Kier alpha value is -3.41. The van der Waals surface area contributed by atoms with Crippen LogP contribution in [0, 0.1) is 0 Å². The molecule has 0 aliphatic heterocycles. The summed E-state index contributed by atoms with van der Waals surface area (Å²) in [5.74, 6) is 0.514. The van der Waals surface area contributed by atoms with Crippen LogP contribution in [0.15, 0.2) is 67.1 Å². The van der Waals surface area contributed by atoms with E-state index in [1.165, 1.54) is 0 Å². The van der Waals surface area contributed by atoms with Crippen molar-refractivity contribution in [3.63, 3.8) is 0 Å². The van der Waals surface area contributed by atoms with Crippen molar-refractivity contribution in [2.75, 3.05) is 17.2 Å². The molecule has 3 rings (SSSR count). The topological polar surface area (TPSA) is 76.1 Å². The number of hydrogen-bond acceptors (Lipinski definition) is 5. The molecular weight excluding hydrogens is 328 g/mol. The number of nitrogens with one attached hydrogen (secondary N) is 2. The highest BCUT2D eigenvalue weighted by molar-refractivity contribution is 6.02. The van der Waals surface area contributed by atoms with Gasteiger partial charge in [-0.3, -0.25) is 9.78 Å². The summed E-state index contributed by atoms with van der Waals surface area (Å²) < 4.78 is 5.38. The summed E-state index contributed by atoms with van der Waals surface area (Å²) in [6.07, 6.45) is 5.19. The van der Waals surface area contributed by atoms with Crippen LogP contribution in [0.1, 0.15) is 23.0 Å². The smallest absolute Gasteiger partial charge is 0.274 e. The van der Waals surface area contributed by atoms with Crippen LogP contribution in [-0.2, 0) is 6.54 Å². The minimum absolute atomic E-state index is 0.257. The van der Waals surface area contributed by atoms with Gasteiger partial charge >= 0.3 is 0 Å². The average molecular weight is 348 g/mol. The van der Waals surface area contributed by atoms with Crippen LogP contribution in [-0.4, -0.2) is 22.5 Å². The highest BCUT2D eigenvalue weighted by atomic mass is 16.5. The molecule has 2 aromatic heterocycles. The van der Waals surface area contributed by atoms with E-state index in [1.54, 1.807) is 36.8 Å². The van der Waals surface area contributed by atoms with Crippen molar-refractivity contribution in [2.24, 2.45) is 0 Å². The van der Waals surface area contributed by atoms with Gasteiger partial charge in [-0.2, -0.15) is 0 Å². The Kier molecular flexibility index (Phi) is 5.77. The number of carbonyl (C=O) groups excluding carboxylic acids is 1. The summed E-state index contributed by atoms with van der Waals surface area (Å²) in [7, 11) is 0. The summed E-state index contributed by atoms with van der Waals surface area (Å²) >= 11 is 0. The number of carbonyl (C=O) groups is 1. The van der Waals surface area contributed by atoms with Crippen molar-refractivity contribution in [3.8, 4) is 5.75 Å². The molecule has 132 valence electrons. The first-order valence-electron chi connectivity index (χ1n) is 8.37. The zero-order valence-corrected chi connectivity index (χ0v) is 14.5. The number of ether oxygens (including phenoxy) is 1. The van der Waals surface area contributed by atoms with Crippen LogP contribution in [0.25, 0.3) is 0 Å². The highest BCUT2D eigenvalue weighted by Crippen LogP contribution is 2.16. The van der Waals surface area contributed by atoms with E-state index < -0.39 is 0 Å². The van der Waals surface area contributed by atoms with Crippen LogP contribution in [0.3, 0.4) is 0 Å². The molecule has 0 spiro atoms. The fourth-order valence-electron chi connectivity index (χ4n) is 2.34. The number of benzene rings is 1. The standard InChI is InChI=1S/C20H20N4O2/c1-2-26-18-8-5-16(6-9-18)24-20(25)19-10-7-17(14-23-19)22-13-15-4-3-11-21-12-15/h3-12,14,22H,2,13H2,1H3,(H,24,25). The van der Waals surface area contributed by atoms with Crippen molar-refractivity contribution >= 4 is 17.3 Å². The van der Waals surface area contributed by atoms with Gasteiger partial charge < -0.3 is 15.4 Å². The van der Waals surface area contributed by atoms with Gasteiger partial charge in [0.15, 0.2) is 0 Å². The monoisotopic (exact) mass is 348 g/mol. The zero-order chi connectivity index (χ0) is 18.2. The quantitative estimate of drug-likeness (QED) is 0.680. The Balaban J connectivity index is 1.56. The van der Waals surface area contributed by atoms with Gasteiger partial charge in [0, 0.05) is 24.6 Å². The third-order valence-electron chi connectivity index (χ3n) is 3.64. The van der Waals surface area contributed by atoms with Gasteiger partial charge in [0.2, 0.25) is 0 Å². The normalized spacial score (nSPS) is 10.2. The van der Waals surface area contributed by atoms with E-state index in [1.807, 2.05) is 37.3 Å². The second-order valence-electron chi connectivity index (χ2n) is 5.56. The first-order chi connectivity index (χ1) is 12.7. The van der Waals surface area contributed by atoms with Gasteiger partial charge in [-0.15, -0.1) is 0 Å². The predicted molar refractivity (Wildman–Crippen MR) is 101 cm³/mol. The van der Waals surface area contributed by atoms with Crippen molar-refractivity contribution in [3.05, 3.63) is 78.4 Å².